The predicted octanol–water partition coefficient (Wildman–Crippen LogP) is 2.25. The zero-order valence-electron chi connectivity index (χ0n) is 8.86. The molecule has 0 bridgehead atoms. The Bertz CT molecular complexity index is 260. The Kier molecular flexibility index (Phi) is 4.59. The van der Waals surface area contributed by atoms with Crippen LogP contribution in [0.25, 0.3) is 0 Å². The van der Waals surface area contributed by atoms with Crippen LogP contribution in [0.2, 0.25) is 0 Å². The highest BCUT2D eigenvalue weighted by molar-refractivity contribution is 4.92. The molecule has 0 fully saturated rings. The second-order valence-corrected chi connectivity index (χ2v) is 3.45. The SMILES string of the molecule is CCCCC(CC)c1nc(CO)no1. The van der Waals surface area contributed by atoms with Gasteiger partial charge in [0.2, 0.25) is 5.89 Å². The number of unbranched alkanes of at least 4 members (excludes halogenated alkanes) is 1. The first kappa shape index (κ1) is 11.2. The number of hydrogen-bond acceptors (Lipinski definition) is 4. The molecule has 0 saturated heterocycles. The molecular weight excluding hydrogens is 180 g/mol. The van der Waals surface area contributed by atoms with Gasteiger partial charge in [0.1, 0.15) is 6.61 Å². The summed E-state index contributed by atoms with van der Waals surface area (Å²) < 4.78 is 5.08. The second kappa shape index (κ2) is 5.75. The lowest BCUT2D eigenvalue weighted by Gasteiger charge is -2.07. The first-order chi connectivity index (χ1) is 6.81. The molecule has 1 rings (SSSR count). The molecule has 1 aromatic rings. The van der Waals surface area contributed by atoms with Gasteiger partial charge in [-0.15, -0.1) is 0 Å². The van der Waals surface area contributed by atoms with Gasteiger partial charge >= 0.3 is 0 Å². The van der Waals surface area contributed by atoms with Crippen molar-refractivity contribution in [1.29, 1.82) is 0 Å². The van der Waals surface area contributed by atoms with Crippen LogP contribution in [0.1, 0.15) is 57.2 Å². The lowest BCUT2D eigenvalue weighted by atomic mass is 9.99. The normalized spacial score (nSPS) is 13.1. The summed E-state index contributed by atoms with van der Waals surface area (Å²) >= 11 is 0. The summed E-state index contributed by atoms with van der Waals surface area (Å²) in [6.45, 7) is 4.14. The summed E-state index contributed by atoms with van der Waals surface area (Å²) in [7, 11) is 0. The van der Waals surface area contributed by atoms with E-state index in [-0.39, 0.29) is 6.61 Å². The molecule has 1 N–H and O–H groups in total. The smallest absolute Gasteiger partial charge is 0.229 e. The molecule has 0 aliphatic rings. The standard InChI is InChI=1S/C10H18N2O2/c1-3-5-6-8(4-2)10-11-9(7-13)12-14-10/h8,13H,3-7H2,1-2H3. The van der Waals surface area contributed by atoms with Crippen LogP contribution in [0, 0.1) is 0 Å². The first-order valence-electron chi connectivity index (χ1n) is 5.25. The van der Waals surface area contributed by atoms with Crippen LogP contribution >= 0.6 is 0 Å². The molecule has 0 spiro atoms. The molecule has 80 valence electrons. The number of nitrogens with zero attached hydrogens (tertiary/aromatic N) is 2. The van der Waals surface area contributed by atoms with Gasteiger partial charge in [-0.25, -0.2) is 0 Å². The molecule has 0 amide bonds. The lowest BCUT2D eigenvalue weighted by Crippen LogP contribution is -1.98. The number of aromatic nitrogens is 2. The van der Waals surface area contributed by atoms with E-state index in [1.54, 1.807) is 0 Å². The third-order valence-corrected chi connectivity index (χ3v) is 2.37. The molecule has 0 aliphatic heterocycles. The number of hydrogen-bond donors (Lipinski definition) is 1. The van der Waals surface area contributed by atoms with Crippen molar-refractivity contribution in [3.63, 3.8) is 0 Å². The van der Waals surface area contributed by atoms with Crippen LogP contribution in [0.3, 0.4) is 0 Å². The van der Waals surface area contributed by atoms with Crippen LogP contribution in [-0.4, -0.2) is 15.2 Å². The highest BCUT2D eigenvalue weighted by Gasteiger charge is 2.16. The number of rotatable bonds is 6. The minimum absolute atomic E-state index is 0.145. The van der Waals surface area contributed by atoms with Gasteiger partial charge < -0.3 is 9.63 Å². The molecule has 0 aromatic carbocycles. The number of aliphatic hydroxyl groups excluding tert-OH is 1. The third kappa shape index (κ3) is 2.80. The van der Waals surface area contributed by atoms with Gasteiger partial charge in [0, 0.05) is 5.92 Å². The van der Waals surface area contributed by atoms with E-state index < -0.39 is 0 Å². The maximum atomic E-state index is 8.80. The highest BCUT2D eigenvalue weighted by Crippen LogP contribution is 2.23. The summed E-state index contributed by atoms with van der Waals surface area (Å²) in [5.41, 5.74) is 0. The molecule has 0 saturated carbocycles. The van der Waals surface area contributed by atoms with Crippen molar-refractivity contribution in [2.75, 3.05) is 0 Å². The van der Waals surface area contributed by atoms with Gasteiger partial charge in [0.25, 0.3) is 0 Å². The molecule has 0 radical (unpaired) electrons. The average Bonchev–Trinajstić information content (AvgIpc) is 2.68. The van der Waals surface area contributed by atoms with E-state index >= 15 is 0 Å². The van der Waals surface area contributed by atoms with E-state index in [1.165, 1.54) is 12.8 Å². The molecule has 1 aromatic heterocycles. The molecule has 14 heavy (non-hydrogen) atoms. The summed E-state index contributed by atoms with van der Waals surface area (Å²) in [5, 5.41) is 12.5. The Morgan fingerprint density at radius 1 is 1.43 bits per heavy atom. The summed E-state index contributed by atoms with van der Waals surface area (Å²) in [4.78, 5) is 4.13. The van der Waals surface area contributed by atoms with Crippen molar-refractivity contribution in [2.45, 2.75) is 52.1 Å². The van der Waals surface area contributed by atoms with Crippen molar-refractivity contribution < 1.29 is 9.63 Å². The Hall–Kier alpha value is -0.900. The fraction of sp³-hybridized carbons (Fsp3) is 0.800. The van der Waals surface area contributed by atoms with E-state index in [1.807, 2.05) is 0 Å². The van der Waals surface area contributed by atoms with Gasteiger partial charge in [0.15, 0.2) is 5.82 Å². The molecule has 0 aliphatic carbocycles. The minimum Gasteiger partial charge on any atom is -0.388 e. The van der Waals surface area contributed by atoms with E-state index in [9.17, 15) is 0 Å². The van der Waals surface area contributed by atoms with Crippen LogP contribution < -0.4 is 0 Å². The van der Waals surface area contributed by atoms with Crippen molar-refractivity contribution >= 4 is 0 Å². The van der Waals surface area contributed by atoms with E-state index in [0.29, 0.717) is 17.6 Å². The van der Waals surface area contributed by atoms with Gasteiger partial charge in [-0.05, 0) is 12.8 Å². The zero-order valence-corrected chi connectivity index (χ0v) is 8.86. The van der Waals surface area contributed by atoms with Gasteiger partial charge in [0.05, 0.1) is 0 Å². The molecule has 1 atom stereocenters. The van der Waals surface area contributed by atoms with Gasteiger partial charge in [-0.1, -0.05) is 31.8 Å². The van der Waals surface area contributed by atoms with Crippen LogP contribution in [0.5, 0.6) is 0 Å². The molecule has 1 heterocycles. The molecule has 4 heteroatoms. The van der Waals surface area contributed by atoms with Crippen LogP contribution in [0.4, 0.5) is 0 Å². The maximum Gasteiger partial charge on any atom is 0.229 e. The summed E-state index contributed by atoms with van der Waals surface area (Å²) in [6.07, 6.45) is 4.44. The van der Waals surface area contributed by atoms with Crippen LogP contribution in [-0.2, 0) is 6.61 Å². The van der Waals surface area contributed by atoms with Gasteiger partial charge in [-0.2, -0.15) is 4.98 Å². The zero-order chi connectivity index (χ0) is 10.4. The fourth-order valence-electron chi connectivity index (χ4n) is 1.45. The lowest BCUT2D eigenvalue weighted by molar-refractivity contribution is 0.261. The highest BCUT2D eigenvalue weighted by atomic mass is 16.5. The second-order valence-electron chi connectivity index (χ2n) is 3.45. The minimum atomic E-state index is -0.145. The van der Waals surface area contributed by atoms with E-state index in [0.717, 1.165) is 12.8 Å². The Labute approximate surface area is 84.3 Å². The first-order valence-corrected chi connectivity index (χ1v) is 5.25. The maximum absolute atomic E-state index is 8.80. The molecule has 4 nitrogen and oxygen atoms in total. The van der Waals surface area contributed by atoms with Crippen LogP contribution in [0.15, 0.2) is 4.52 Å². The average molecular weight is 198 g/mol. The van der Waals surface area contributed by atoms with E-state index in [4.69, 9.17) is 9.63 Å². The Morgan fingerprint density at radius 3 is 2.71 bits per heavy atom. The third-order valence-electron chi connectivity index (χ3n) is 2.37. The molecule has 1 unspecified atom stereocenters. The topological polar surface area (TPSA) is 59.2 Å². The van der Waals surface area contributed by atoms with E-state index in [2.05, 4.69) is 24.0 Å². The fourth-order valence-corrected chi connectivity index (χ4v) is 1.45. The van der Waals surface area contributed by atoms with Crippen molar-refractivity contribution in [2.24, 2.45) is 0 Å². The Balaban J connectivity index is 2.58. The van der Waals surface area contributed by atoms with Gasteiger partial charge in [-0.3, -0.25) is 0 Å². The predicted molar refractivity (Wildman–Crippen MR) is 52.8 cm³/mol. The van der Waals surface area contributed by atoms with Crippen molar-refractivity contribution in [1.82, 2.24) is 10.1 Å². The quantitative estimate of drug-likeness (QED) is 0.761. The summed E-state index contributed by atoms with van der Waals surface area (Å²) in [6, 6.07) is 0. The number of aliphatic hydroxyl groups is 1. The summed E-state index contributed by atoms with van der Waals surface area (Å²) in [5.74, 6) is 1.41. The molecular formula is C10H18N2O2. The Morgan fingerprint density at radius 2 is 2.21 bits per heavy atom. The largest absolute Gasteiger partial charge is 0.388 e. The monoisotopic (exact) mass is 198 g/mol. The van der Waals surface area contributed by atoms with Crippen molar-refractivity contribution in [3.8, 4) is 0 Å². The van der Waals surface area contributed by atoms with Crippen molar-refractivity contribution in [3.05, 3.63) is 11.7 Å².